The monoisotopic (exact) mass is 276 g/mol. The molecule has 0 radical (unpaired) electrons. The van der Waals surface area contributed by atoms with Crippen LogP contribution in [0.15, 0.2) is 24.3 Å². The second kappa shape index (κ2) is 4.96. The molecule has 104 valence electrons. The van der Waals surface area contributed by atoms with E-state index in [4.69, 9.17) is 5.11 Å². The highest BCUT2D eigenvalue weighted by atomic mass is 16.4. The fraction of sp³-hybridized carbons (Fsp3) is 0.0769. The van der Waals surface area contributed by atoms with Gasteiger partial charge in [0.05, 0.1) is 11.3 Å². The third-order valence-electron chi connectivity index (χ3n) is 2.64. The van der Waals surface area contributed by atoms with Gasteiger partial charge in [-0.3, -0.25) is 4.79 Å². The van der Waals surface area contributed by atoms with E-state index in [0.717, 1.165) is 6.07 Å². The summed E-state index contributed by atoms with van der Waals surface area (Å²) in [5.74, 6) is -2.44. The van der Waals surface area contributed by atoms with Crippen LogP contribution in [0, 0.1) is 6.92 Å². The highest BCUT2D eigenvalue weighted by molar-refractivity contribution is 6.09. The van der Waals surface area contributed by atoms with Crippen molar-refractivity contribution in [1.29, 1.82) is 0 Å². The van der Waals surface area contributed by atoms with E-state index in [1.807, 2.05) is 0 Å². The quantitative estimate of drug-likeness (QED) is 0.546. The number of aromatic carboxylic acids is 1. The van der Waals surface area contributed by atoms with Crippen molar-refractivity contribution < 1.29 is 24.9 Å². The number of phenols is 2. The van der Waals surface area contributed by atoms with Crippen molar-refractivity contribution in [2.75, 3.05) is 5.32 Å². The van der Waals surface area contributed by atoms with Gasteiger partial charge in [0.25, 0.3) is 5.91 Å². The number of nitrogens with one attached hydrogen (secondary N) is 2. The predicted molar refractivity (Wildman–Crippen MR) is 70.2 cm³/mol. The van der Waals surface area contributed by atoms with Crippen LogP contribution in [0.25, 0.3) is 0 Å². The molecule has 1 aromatic carbocycles. The van der Waals surface area contributed by atoms with E-state index in [0.29, 0.717) is 5.69 Å². The highest BCUT2D eigenvalue weighted by Crippen LogP contribution is 2.24. The molecule has 0 saturated heterocycles. The molecular formula is C13H12N2O5. The summed E-state index contributed by atoms with van der Waals surface area (Å²) < 4.78 is 0. The number of aromatic hydroxyl groups is 2. The Bertz CT molecular complexity index is 690. The Morgan fingerprint density at radius 1 is 1.20 bits per heavy atom. The maximum atomic E-state index is 12.0. The summed E-state index contributed by atoms with van der Waals surface area (Å²) >= 11 is 0. The lowest BCUT2D eigenvalue weighted by Gasteiger charge is -2.06. The van der Waals surface area contributed by atoms with Gasteiger partial charge in [-0.25, -0.2) is 4.79 Å². The van der Waals surface area contributed by atoms with Gasteiger partial charge in [-0.1, -0.05) is 0 Å². The molecule has 0 atom stereocenters. The summed E-state index contributed by atoms with van der Waals surface area (Å²) in [7, 11) is 0. The Morgan fingerprint density at radius 3 is 2.55 bits per heavy atom. The maximum absolute atomic E-state index is 12.0. The van der Waals surface area contributed by atoms with Gasteiger partial charge in [0, 0.05) is 5.69 Å². The van der Waals surface area contributed by atoms with Crippen LogP contribution in [0.5, 0.6) is 11.5 Å². The Labute approximate surface area is 113 Å². The normalized spacial score (nSPS) is 10.2. The highest BCUT2D eigenvalue weighted by Gasteiger charge is 2.18. The van der Waals surface area contributed by atoms with Crippen molar-refractivity contribution in [2.45, 2.75) is 6.92 Å². The number of hydrogen-bond donors (Lipinski definition) is 5. The Balaban J connectivity index is 2.32. The van der Waals surface area contributed by atoms with Gasteiger partial charge in [-0.05, 0) is 31.2 Å². The molecule has 0 aliphatic carbocycles. The lowest BCUT2D eigenvalue weighted by molar-refractivity contribution is 0.0692. The number of carbonyl (C=O) groups excluding carboxylic acids is 1. The van der Waals surface area contributed by atoms with Gasteiger partial charge < -0.3 is 25.6 Å². The van der Waals surface area contributed by atoms with Crippen molar-refractivity contribution in [3.8, 4) is 11.5 Å². The third-order valence-corrected chi connectivity index (χ3v) is 2.64. The molecule has 1 aromatic heterocycles. The minimum Gasteiger partial charge on any atom is -0.508 e. The minimum absolute atomic E-state index is 0.0859. The van der Waals surface area contributed by atoms with Crippen LogP contribution in [0.3, 0.4) is 0 Å². The minimum atomic E-state index is -1.21. The average Bonchev–Trinajstić information content (AvgIpc) is 2.73. The average molecular weight is 276 g/mol. The topological polar surface area (TPSA) is 123 Å². The fourth-order valence-electron chi connectivity index (χ4n) is 1.75. The Kier molecular flexibility index (Phi) is 3.34. The van der Waals surface area contributed by atoms with Crippen LogP contribution in [-0.4, -0.2) is 32.2 Å². The van der Waals surface area contributed by atoms with Crippen LogP contribution >= 0.6 is 0 Å². The third kappa shape index (κ3) is 2.56. The number of anilines is 1. The van der Waals surface area contributed by atoms with E-state index < -0.39 is 11.9 Å². The van der Waals surface area contributed by atoms with Gasteiger partial charge in [0.1, 0.15) is 17.2 Å². The molecule has 0 bridgehead atoms. The molecule has 0 saturated carbocycles. The summed E-state index contributed by atoms with van der Waals surface area (Å²) in [6.45, 7) is 1.65. The molecule has 5 N–H and O–H groups in total. The first-order valence-corrected chi connectivity index (χ1v) is 5.64. The molecule has 20 heavy (non-hydrogen) atoms. The van der Waals surface area contributed by atoms with Crippen molar-refractivity contribution in [2.24, 2.45) is 0 Å². The first kappa shape index (κ1) is 13.5. The molecule has 0 aliphatic rings. The van der Waals surface area contributed by atoms with Gasteiger partial charge in [0.2, 0.25) is 0 Å². The van der Waals surface area contributed by atoms with E-state index in [1.165, 1.54) is 18.2 Å². The number of aryl methyl sites for hydroxylation is 1. The van der Waals surface area contributed by atoms with Crippen molar-refractivity contribution in [3.05, 3.63) is 41.2 Å². The lowest BCUT2D eigenvalue weighted by Crippen LogP contribution is -2.14. The molecule has 1 heterocycles. The zero-order valence-electron chi connectivity index (χ0n) is 10.5. The first-order valence-electron chi connectivity index (χ1n) is 5.64. The molecule has 7 nitrogen and oxygen atoms in total. The molecule has 0 fully saturated rings. The molecule has 2 aromatic rings. The van der Waals surface area contributed by atoms with Crippen LogP contribution in [0.4, 0.5) is 5.69 Å². The van der Waals surface area contributed by atoms with Gasteiger partial charge in [-0.2, -0.15) is 0 Å². The van der Waals surface area contributed by atoms with Crippen LogP contribution in [0.1, 0.15) is 26.5 Å². The fourth-order valence-corrected chi connectivity index (χ4v) is 1.75. The van der Waals surface area contributed by atoms with Crippen molar-refractivity contribution >= 4 is 17.6 Å². The number of aromatic amines is 1. The largest absolute Gasteiger partial charge is 0.508 e. The van der Waals surface area contributed by atoms with Gasteiger partial charge in [0.15, 0.2) is 0 Å². The zero-order chi connectivity index (χ0) is 14.9. The molecule has 2 rings (SSSR count). The lowest BCUT2D eigenvalue weighted by atomic mass is 10.1. The van der Waals surface area contributed by atoms with Gasteiger partial charge >= 0.3 is 5.97 Å². The number of aromatic nitrogens is 1. The molecule has 0 aliphatic heterocycles. The van der Waals surface area contributed by atoms with Gasteiger partial charge in [-0.15, -0.1) is 0 Å². The number of carbonyl (C=O) groups is 2. The molecule has 1 amide bonds. The predicted octanol–water partition coefficient (Wildman–Crippen LogP) is 1.68. The SMILES string of the molecule is Cc1cc(NC(=O)c2cc(O)ccc2O)c(C(=O)O)[nH]1. The van der Waals surface area contributed by atoms with E-state index in [2.05, 4.69) is 10.3 Å². The second-order valence-corrected chi connectivity index (χ2v) is 4.20. The first-order chi connectivity index (χ1) is 9.38. The number of hydrogen-bond acceptors (Lipinski definition) is 4. The summed E-state index contributed by atoms with van der Waals surface area (Å²) in [5.41, 5.74) is 0.344. The zero-order valence-corrected chi connectivity index (χ0v) is 10.5. The summed E-state index contributed by atoms with van der Waals surface area (Å²) in [5, 5.41) is 30.2. The van der Waals surface area contributed by atoms with E-state index >= 15 is 0 Å². The number of rotatable bonds is 3. The second-order valence-electron chi connectivity index (χ2n) is 4.20. The Hall–Kier alpha value is -2.96. The Morgan fingerprint density at radius 2 is 1.90 bits per heavy atom. The summed E-state index contributed by atoms with van der Waals surface area (Å²) in [6, 6.07) is 4.95. The number of amides is 1. The number of carboxylic acid groups (broad SMARTS) is 1. The van der Waals surface area contributed by atoms with Crippen molar-refractivity contribution in [1.82, 2.24) is 4.98 Å². The van der Waals surface area contributed by atoms with Crippen LogP contribution < -0.4 is 5.32 Å². The number of phenolic OH excluding ortho intramolecular Hbond substituents is 2. The number of carboxylic acids is 1. The van der Waals surface area contributed by atoms with E-state index in [1.54, 1.807) is 6.92 Å². The number of H-pyrrole nitrogens is 1. The molecule has 0 spiro atoms. The smallest absolute Gasteiger partial charge is 0.354 e. The molecule has 0 unspecified atom stereocenters. The molecular weight excluding hydrogens is 264 g/mol. The van der Waals surface area contributed by atoms with Crippen LogP contribution in [-0.2, 0) is 0 Å². The standard InChI is InChI=1S/C13H12N2O5/c1-6-4-9(11(14-6)13(19)20)15-12(18)8-5-7(16)2-3-10(8)17/h2-5,14,16-17H,1H3,(H,15,18)(H,19,20). The molecule has 7 heteroatoms. The summed E-state index contributed by atoms with van der Waals surface area (Å²) in [4.78, 5) is 25.6. The van der Waals surface area contributed by atoms with Crippen molar-refractivity contribution in [3.63, 3.8) is 0 Å². The van der Waals surface area contributed by atoms with E-state index in [-0.39, 0.29) is 28.4 Å². The number of benzene rings is 1. The van der Waals surface area contributed by atoms with E-state index in [9.17, 15) is 19.8 Å². The maximum Gasteiger partial charge on any atom is 0.354 e. The van der Waals surface area contributed by atoms with Crippen LogP contribution in [0.2, 0.25) is 0 Å². The summed E-state index contributed by atoms with van der Waals surface area (Å²) in [6.07, 6.45) is 0.